The number of nitrogens with one attached hydrogen (secondary N) is 1. The van der Waals surface area contributed by atoms with Gasteiger partial charge in [0, 0.05) is 6.20 Å². The van der Waals surface area contributed by atoms with Gasteiger partial charge in [0.2, 0.25) is 11.8 Å². The number of hydrogen-bond acceptors (Lipinski definition) is 3. The highest BCUT2D eigenvalue weighted by atomic mass is 16.2. The second-order valence-corrected chi connectivity index (χ2v) is 5.65. The van der Waals surface area contributed by atoms with E-state index >= 15 is 0 Å². The van der Waals surface area contributed by atoms with E-state index in [4.69, 9.17) is 0 Å². The lowest BCUT2D eigenvalue weighted by Gasteiger charge is -2.37. The van der Waals surface area contributed by atoms with Crippen molar-refractivity contribution in [1.82, 2.24) is 15.2 Å². The summed E-state index contributed by atoms with van der Waals surface area (Å²) in [7, 11) is 0. The molecule has 5 heteroatoms. The number of piperazine rings is 1. The standard InChI is InChI=1S/C15H21N3O2/c1-10(2)8-13-15(20)18(11(3)14(19)17-13)9-12-6-4-5-7-16-12/h4-7,10-11,13H,8-9H2,1-3H3,(H,17,19). The Kier molecular flexibility index (Phi) is 4.37. The Bertz CT molecular complexity index is 487. The van der Waals surface area contributed by atoms with Gasteiger partial charge in [0.15, 0.2) is 0 Å². The van der Waals surface area contributed by atoms with Gasteiger partial charge in [0.05, 0.1) is 12.2 Å². The van der Waals surface area contributed by atoms with E-state index in [9.17, 15) is 9.59 Å². The minimum absolute atomic E-state index is 0.0172. The Hall–Kier alpha value is -1.91. The number of nitrogens with zero attached hydrogens (tertiary/aromatic N) is 2. The van der Waals surface area contributed by atoms with E-state index in [0.29, 0.717) is 18.9 Å². The van der Waals surface area contributed by atoms with Crippen molar-refractivity contribution in [2.24, 2.45) is 5.92 Å². The second kappa shape index (κ2) is 6.03. The van der Waals surface area contributed by atoms with Crippen LogP contribution in [0.4, 0.5) is 0 Å². The predicted molar refractivity (Wildman–Crippen MR) is 75.6 cm³/mol. The molecule has 2 rings (SSSR count). The molecule has 1 aliphatic rings. The van der Waals surface area contributed by atoms with E-state index in [2.05, 4.69) is 10.3 Å². The molecule has 1 fully saturated rings. The van der Waals surface area contributed by atoms with E-state index in [-0.39, 0.29) is 11.8 Å². The minimum Gasteiger partial charge on any atom is -0.343 e. The Labute approximate surface area is 119 Å². The summed E-state index contributed by atoms with van der Waals surface area (Å²) in [5, 5.41) is 2.81. The summed E-state index contributed by atoms with van der Waals surface area (Å²) in [6, 6.07) is 4.71. The zero-order valence-corrected chi connectivity index (χ0v) is 12.2. The molecular weight excluding hydrogens is 254 g/mol. The van der Waals surface area contributed by atoms with Gasteiger partial charge in [-0.2, -0.15) is 0 Å². The van der Waals surface area contributed by atoms with E-state index < -0.39 is 12.1 Å². The molecule has 1 aromatic rings. The Morgan fingerprint density at radius 2 is 2.10 bits per heavy atom. The first-order valence-corrected chi connectivity index (χ1v) is 6.99. The van der Waals surface area contributed by atoms with E-state index in [1.807, 2.05) is 32.0 Å². The van der Waals surface area contributed by atoms with Crippen LogP contribution in [0.15, 0.2) is 24.4 Å². The van der Waals surface area contributed by atoms with Gasteiger partial charge in [-0.3, -0.25) is 14.6 Å². The third-order valence-corrected chi connectivity index (χ3v) is 3.51. The molecule has 0 spiro atoms. The Morgan fingerprint density at radius 3 is 2.70 bits per heavy atom. The van der Waals surface area contributed by atoms with Crippen LogP contribution in [0.25, 0.3) is 0 Å². The molecule has 2 unspecified atom stereocenters. The van der Waals surface area contributed by atoms with Crippen LogP contribution in [0.1, 0.15) is 32.9 Å². The highest BCUT2D eigenvalue weighted by Gasteiger charge is 2.38. The quantitative estimate of drug-likeness (QED) is 0.902. The summed E-state index contributed by atoms with van der Waals surface area (Å²) in [6.45, 7) is 6.21. The Morgan fingerprint density at radius 1 is 1.35 bits per heavy atom. The number of hydrogen-bond donors (Lipinski definition) is 1. The second-order valence-electron chi connectivity index (χ2n) is 5.65. The third kappa shape index (κ3) is 3.15. The zero-order chi connectivity index (χ0) is 14.7. The SMILES string of the molecule is CC(C)CC1NC(=O)C(C)N(Cc2ccccn2)C1=O. The maximum Gasteiger partial charge on any atom is 0.246 e. The van der Waals surface area contributed by atoms with Gasteiger partial charge in [0.25, 0.3) is 0 Å². The number of aromatic nitrogens is 1. The summed E-state index contributed by atoms with van der Waals surface area (Å²) in [5.41, 5.74) is 0.797. The Balaban J connectivity index is 2.16. The normalized spacial score (nSPS) is 23.1. The van der Waals surface area contributed by atoms with Crippen molar-refractivity contribution in [2.45, 2.75) is 45.8 Å². The summed E-state index contributed by atoms with van der Waals surface area (Å²) < 4.78 is 0. The molecule has 2 atom stereocenters. The lowest BCUT2D eigenvalue weighted by atomic mass is 9.99. The van der Waals surface area contributed by atoms with Crippen molar-refractivity contribution >= 4 is 11.8 Å². The number of carbonyl (C=O) groups is 2. The molecule has 5 nitrogen and oxygen atoms in total. The first kappa shape index (κ1) is 14.5. The van der Waals surface area contributed by atoms with Crippen molar-refractivity contribution in [2.75, 3.05) is 0 Å². The fraction of sp³-hybridized carbons (Fsp3) is 0.533. The van der Waals surface area contributed by atoms with Crippen LogP contribution in [0.2, 0.25) is 0 Å². The molecule has 0 bridgehead atoms. The van der Waals surface area contributed by atoms with Crippen molar-refractivity contribution in [3.8, 4) is 0 Å². The molecule has 1 N–H and O–H groups in total. The smallest absolute Gasteiger partial charge is 0.246 e. The van der Waals surface area contributed by atoms with Gasteiger partial charge >= 0.3 is 0 Å². The van der Waals surface area contributed by atoms with Crippen molar-refractivity contribution in [3.63, 3.8) is 0 Å². The molecule has 2 amide bonds. The molecule has 108 valence electrons. The molecule has 20 heavy (non-hydrogen) atoms. The van der Waals surface area contributed by atoms with Crippen molar-refractivity contribution < 1.29 is 9.59 Å². The van der Waals surface area contributed by atoms with Gasteiger partial charge in [-0.1, -0.05) is 19.9 Å². The van der Waals surface area contributed by atoms with Gasteiger partial charge in [-0.05, 0) is 31.4 Å². The lowest BCUT2D eigenvalue weighted by Crippen LogP contribution is -2.62. The fourth-order valence-corrected chi connectivity index (χ4v) is 2.40. The third-order valence-electron chi connectivity index (χ3n) is 3.51. The predicted octanol–water partition coefficient (Wildman–Crippen LogP) is 1.34. The van der Waals surface area contributed by atoms with Gasteiger partial charge in [-0.25, -0.2) is 0 Å². The average Bonchev–Trinajstić information content (AvgIpc) is 2.41. The summed E-state index contributed by atoms with van der Waals surface area (Å²) in [4.78, 5) is 30.4. The summed E-state index contributed by atoms with van der Waals surface area (Å²) in [5.74, 6) is 0.247. The molecule has 2 heterocycles. The van der Waals surface area contributed by atoms with E-state index in [1.165, 1.54) is 0 Å². The van der Waals surface area contributed by atoms with Crippen LogP contribution < -0.4 is 5.32 Å². The molecule has 0 radical (unpaired) electrons. The molecule has 0 aromatic carbocycles. The highest BCUT2D eigenvalue weighted by Crippen LogP contribution is 2.17. The molecule has 1 saturated heterocycles. The zero-order valence-electron chi connectivity index (χ0n) is 12.2. The van der Waals surface area contributed by atoms with Crippen molar-refractivity contribution in [1.29, 1.82) is 0 Å². The van der Waals surface area contributed by atoms with Crippen LogP contribution in [0.5, 0.6) is 0 Å². The van der Waals surface area contributed by atoms with Crippen LogP contribution in [0.3, 0.4) is 0 Å². The fourth-order valence-electron chi connectivity index (χ4n) is 2.40. The first-order valence-electron chi connectivity index (χ1n) is 6.99. The summed E-state index contributed by atoms with van der Waals surface area (Å²) >= 11 is 0. The minimum atomic E-state index is -0.451. The highest BCUT2D eigenvalue weighted by molar-refractivity contribution is 5.96. The molecule has 1 aliphatic heterocycles. The van der Waals surface area contributed by atoms with Crippen LogP contribution >= 0.6 is 0 Å². The molecular formula is C15H21N3O2. The number of amides is 2. The maximum absolute atomic E-state index is 12.5. The van der Waals surface area contributed by atoms with Crippen LogP contribution in [-0.2, 0) is 16.1 Å². The maximum atomic E-state index is 12.5. The van der Waals surface area contributed by atoms with Crippen LogP contribution in [0, 0.1) is 5.92 Å². The monoisotopic (exact) mass is 275 g/mol. The molecule has 0 saturated carbocycles. The lowest BCUT2D eigenvalue weighted by molar-refractivity contribution is -0.149. The van der Waals surface area contributed by atoms with Gasteiger partial charge in [0.1, 0.15) is 12.1 Å². The van der Waals surface area contributed by atoms with E-state index in [1.54, 1.807) is 18.0 Å². The van der Waals surface area contributed by atoms with Gasteiger partial charge < -0.3 is 10.2 Å². The van der Waals surface area contributed by atoms with Gasteiger partial charge in [-0.15, -0.1) is 0 Å². The molecule has 1 aromatic heterocycles. The summed E-state index contributed by atoms with van der Waals surface area (Å²) in [6.07, 6.45) is 2.36. The topological polar surface area (TPSA) is 62.3 Å². The van der Waals surface area contributed by atoms with Crippen molar-refractivity contribution in [3.05, 3.63) is 30.1 Å². The first-order chi connectivity index (χ1) is 9.49. The largest absolute Gasteiger partial charge is 0.343 e. The van der Waals surface area contributed by atoms with Crippen LogP contribution in [-0.4, -0.2) is 33.8 Å². The average molecular weight is 275 g/mol. The van der Waals surface area contributed by atoms with E-state index in [0.717, 1.165) is 5.69 Å². The molecule has 0 aliphatic carbocycles. The number of rotatable bonds is 4. The number of carbonyl (C=O) groups excluding carboxylic acids is 2. The number of pyridine rings is 1.